The number of carbonyl (C=O) groups excluding carboxylic acids is 3. The molecule has 1 aromatic heterocycles. The molecule has 7 heteroatoms. The van der Waals surface area contributed by atoms with E-state index in [0.717, 1.165) is 17.7 Å². The van der Waals surface area contributed by atoms with E-state index >= 15 is 0 Å². The first kappa shape index (κ1) is 22.1. The number of hydrogen-bond donors (Lipinski definition) is 2. The second-order valence-corrected chi connectivity index (χ2v) is 7.85. The van der Waals surface area contributed by atoms with E-state index in [0.29, 0.717) is 16.4 Å². The predicted molar refractivity (Wildman–Crippen MR) is 124 cm³/mol. The highest BCUT2D eigenvalue weighted by Crippen LogP contribution is 2.25. The van der Waals surface area contributed by atoms with Gasteiger partial charge in [-0.25, -0.2) is 4.98 Å². The predicted octanol–water partition coefficient (Wildman–Crippen LogP) is 5.10. The minimum absolute atomic E-state index is 0.0473. The topological polar surface area (TPSA) is 88.2 Å². The molecule has 0 atom stereocenters. The van der Waals surface area contributed by atoms with Crippen molar-refractivity contribution >= 4 is 39.8 Å². The smallest absolute Gasteiger partial charge is 0.251 e. The SMILES string of the molecule is CCc1ccc(-c2csc(NC(=O)/C=C(/C)C(=O)Nc3ccc(C(C)=O)cc3)n2)cc1. The van der Waals surface area contributed by atoms with E-state index in [9.17, 15) is 14.4 Å². The first-order valence-electron chi connectivity index (χ1n) is 9.82. The third-order valence-electron chi connectivity index (χ3n) is 4.65. The Kier molecular flexibility index (Phi) is 7.10. The summed E-state index contributed by atoms with van der Waals surface area (Å²) in [5.74, 6) is -0.877. The van der Waals surface area contributed by atoms with Crippen LogP contribution in [0.25, 0.3) is 11.3 Å². The van der Waals surface area contributed by atoms with E-state index in [-0.39, 0.29) is 11.4 Å². The maximum Gasteiger partial charge on any atom is 0.251 e. The average molecular weight is 434 g/mol. The normalized spacial score (nSPS) is 11.1. The van der Waals surface area contributed by atoms with Crippen molar-refractivity contribution in [3.05, 3.63) is 76.7 Å². The van der Waals surface area contributed by atoms with Crippen molar-refractivity contribution in [3.8, 4) is 11.3 Å². The number of anilines is 2. The number of nitrogens with zero attached hydrogens (tertiary/aromatic N) is 1. The molecule has 2 N–H and O–H groups in total. The molecule has 0 bridgehead atoms. The molecule has 158 valence electrons. The first-order chi connectivity index (χ1) is 14.9. The molecule has 0 unspecified atom stereocenters. The first-order valence-corrected chi connectivity index (χ1v) is 10.7. The molecule has 0 radical (unpaired) electrons. The average Bonchev–Trinajstić information content (AvgIpc) is 3.22. The Labute approximate surface area is 185 Å². The van der Waals surface area contributed by atoms with Gasteiger partial charge in [0.2, 0.25) is 0 Å². The zero-order valence-electron chi connectivity index (χ0n) is 17.6. The second-order valence-electron chi connectivity index (χ2n) is 6.99. The summed E-state index contributed by atoms with van der Waals surface area (Å²) in [6.45, 7) is 5.14. The molecule has 0 aliphatic rings. The standard InChI is InChI=1S/C24H23N3O3S/c1-4-17-5-7-19(8-6-17)21-14-31-24(26-21)27-22(29)13-15(2)23(30)25-20-11-9-18(10-12-20)16(3)28/h5-14H,4H2,1-3H3,(H,25,30)(H,26,27,29)/b15-13-. The number of aromatic nitrogens is 1. The molecule has 0 aliphatic heterocycles. The minimum Gasteiger partial charge on any atom is -0.322 e. The van der Waals surface area contributed by atoms with Gasteiger partial charge in [0.1, 0.15) is 0 Å². The maximum absolute atomic E-state index is 12.3. The van der Waals surface area contributed by atoms with Crippen LogP contribution in [0.15, 0.2) is 65.6 Å². The number of amides is 2. The van der Waals surface area contributed by atoms with Gasteiger partial charge in [0.05, 0.1) is 5.69 Å². The lowest BCUT2D eigenvalue weighted by Gasteiger charge is -2.06. The Morgan fingerprint density at radius 2 is 1.65 bits per heavy atom. The summed E-state index contributed by atoms with van der Waals surface area (Å²) >= 11 is 1.32. The fourth-order valence-electron chi connectivity index (χ4n) is 2.80. The molecule has 0 saturated carbocycles. The summed E-state index contributed by atoms with van der Waals surface area (Å²) in [5, 5.41) is 7.74. The third kappa shape index (κ3) is 5.96. The fourth-order valence-corrected chi connectivity index (χ4v) is 3.52. The summed E-state index contributed by atoms with van der Waals surface area (Å²) < 4.78 is 0. The molecule has 2 aromatic carbocycles. The number of ketones is 1. The highest BCUT2D eigenvalue weighted by Gasteiger charge is 2.10. The Balaban J connectivity index is 1.60. The summed E-state index contributed by atoms with van der Waals surface area (Å²) in [4.78, 5) is 40.4. The van der Waals surface area contributed by atoms with Crippen LogP contribution in [0.5, 0.6) is 0 Å². The number of rotatable bonds is 7. The molecular formula is C24H23N3O3S. The van der Waals surface area contributed by atoms with E-state index in [1.807, 2.05) is 17.5 Å². The molecule has 0 fully saturated rings. The number of thiazole rings is 1. The molecular weight excluding hydrogens is 410 g/mol. The number of hydrogen-bond acceptors (Lipinski definition) is 5. The fraction of sp³-hybridized carbons (Fsp3) is 0.167. The highest BCUT2D eigenvalue weighted by atomic mass is 32.1. The number of benzene rings is 2. The van der Waals surface area contributed by atoms with Gasteiger partial charge in [-0.2, -0.15) is 0 Å². The summed E-state index contributed by atoms with van der Waals surface area (Å²) in [5.41, 5.74) is 4.38. The van der Waals surface area contributed by atoms with Crippen molar-refractivity contribution in [2.24, 2.45) is 0 Å². The molecule has 6 nitrogen and oxygen atoms in total. The monoisotopic (exact) mass is 433 g/mol. The van der Waals surface area contributed by atoms with Gasteiger partial charge in [0.25, 0.3) is 11.8 Å². The molecule has 3 aromatic rings. The van der Waals surface area contributed by atoms with Crippen molar-refractivity contribution in [3.63, 3.8) is 0 Å². The van der Waals surface area contributed by atoms with Gasteiger partial charge in [-0.05, 0) is 50.1 Å². The summed E-state index contributed by atoms with van der Waals surface area (Å²) in [6.07, 6.45) is 2.21. The Bertz CT molecular complexity index is 1130. The lowest BCUT2D eigenvalue weighted by atomic mass is 10.1. The summed E-state index contributed by atoms with van der Waals surface area (Å²) in [7, 11) is 0. The van der Waals surface area contributed by atoms with E-state index in [1.165, 1.54) is 29.9 Å². The van der Waals surface area contributed by atoms with Crippen molar-refractivity contribution in [2.45, 2.75) is 27.2 Å². The van der Waals surface area contributed by atoms with Crippen LogP contribution in [0.4, 0.5) is 10.8 Å². The van der Waals surface area contributed by atoms with Gasteiger partial charge in [0.15, 0.2) is 10.9 Å². The largest absolute Gasteiger partial charge is 0.322 e. The highest BCUT2D eigenvalue weighted by molar-refractivity contribution is 7.14. The van der Waals surface area contributed by atoms with Crippen molar-refractivity contribution in [1.82, 2.24) is 4.98 Å². The Hall–Kier alpha value is -3.58. The molecule has 0 saturated heterocycles. The van der Waals surface area contributed by atoms with Crippen molar-refractivity contribution in [1.29, 1.82) is 0 Å². The Morgan fingerprint density at radius 1 is 0.968 bits per heavy atom. The maximum atomic E-state index is 12.3. The van der Waals surface area contributed by atoms with Crippen LogP contribution in [-0.4, -0.2) is 22.6 Å². The van der Waals surface area contributed by atoms with Crippen LogP contribution >= 0.6 is 11.3 Å². The van der Waals surface area contributed by atoms with Gasteiger partial charge in [-0.3, -0.25) is 19.7 Å². The number of Topliss-reactive ketones (excluding diaryl/α,β-unsaturated/α-hetero) is 1. The minimum atomic E-state index is -0.429. The second kappa shape index (κ2) is 9.95. The lowest BCUT2D eigenvalue weighted by molar-refractivity contribution is -0.114. The van der Waals surface area contributed by atoms with E-state index in [2.05, 4.69) is 34.7 Å². The van der Waals surface area contributed by atoms with Gasteiger partial charge >= 0.3 is 0 Å². The number of carbonyl (C=O) groups is 3. The zero-order chi connectivity index (χ0) is 22.4. The quantitative estimate of drug-likeness (QED) is 0.401. The zero-order valence-corrected chi connectivity index (χ0v) is 18.4. The van der Waals surface area contributed by atoms with Crippen LogP contribution in [-0.2, 0) is 16.0 Å². The van der Waals surface area contributed by atoms with Crippen LogP contribution in [0.2, 0.25) is 0 Å². The molecule has 0 aliphatic carbocycles. The van der Waals surface area contributed by atoms with Crippen molar-refractivity contribution < 1.29 is 14.4 Å². The van der Waals surface area contributed by atoms with Gasteiger partial charge in [0, 0.05) is 33.8 Å². The molecule has 0 spiro atoms. The van der Waals surface area contributed by atoms with Gasteiger partial charge in [-0.15, -0.1) is 11.3 Å². The van der Waals surface area contributed by atoms with E-state index in [4.69, 9.17) is 0 Å². The van der Waals surface area contributed by atoms with Crippen LogP contribution in [0, 0.1) is 0 Å². The number of aryl methyl sites for hydroxylation is 1. The third-order valence-corrected chi connectivity index (χ3v) is 5.41. The summed E-state index contributed by atoms with van der Waals surface area (Å²) in [6, 6.07) is 14.7. The molecule has 2 amide bonds. The van der Waals surface area contributed by atoms with E-state index in [1.54, 1.807) is 31.2 Å². The molecule has 1 heterocycles. The Morgan fingerprint density at radius 3 is 2.26 bits per heavy atom. The van der Waals surface area contributed by atoms with E-state index < -0.39 is 11.8 Å². The lowest BCUT2D eigenvalue weighted by Crippen LogP contribution is -2.16. The van der Waals surface area contributed by atoms with Gasteiger partial charge < -0.3 is 5.32 Å². The van der Waals surface area contributed by atoms with Crippen LogP contribution in [0.1, 0.15) is 36.7 Å². The van der Waals surface area contributed by atoms with Crippen LogP contribution in [0.3, 0.4) is 0 Å². The number of nitrogens with one attached hydrogen (secondary N) is 2. The molecule has 31 heavy (non-hydrogen) atoms. The van der Waals surface area contributed by atoms with Crippen molar-refractivity contribution in [2.75, 3.05) is 10.6 Å². The molecule has 3 rings (SSSR count). The van der Waals surface area contributed by atoms with Gasteiger partial charge in [-0.1, -0.05) is 31.2 Å². The van der Waals surface area contributed by atoms with Crippen LogP contribution < -0.4 is 10.6 Å².